The van der Waals surface area contributed by atoms with E-state index in [4.69, 9.17) is 5.11 Å². The van der Waals surface area contributed by atoms with Gasteiger partial charge in [0, 0.05) is 6.04 Å². The maximum atomic E-state index is 10.5. The lowest BCUT2D eigenvalue weighted by molar-refractivity contribution is -0.147. The molecule has 1 aliphatic rings. The summed E-state index contributed by atoms with van der Waals surface area (Å²) < 4.78 is 1.73. The van der Waals surface area contributed by atoms with E-state index in [1.807, 2.05) is 0 Å². The van der Waals surface area contributed by atoms with Gasteiger partial charge in [0.05, 0.1) is 18.2 Å². The fraction of sp³-hybridized carbons (Fsp3) is 0.500. The molecular formula is C8H10N2O3. The van der Waals surface area contributed by atoms with Crippen LogP contribution in [0.3, 0.4) is 0 Å². The van der Waals surface area contributed by atoms with E-state index in [2.05, 4.69) is 4.98 Å². The highest BCUT2D eigenvalue weighted by Gasteiger charge is 2.29. The first-order chi connectivity index (χ1) is 6.20. The highest BCUT2D eigenvalue weighted by atomic mass is 16.4. The van der Waals surface area contributed by atoms with Gasteiger partial charge in [-0.05, 0) is 12.8 Å². The molecular weight excluding hydrogens is 172 g/mol. The van der Waals surface area contributed by atoms with Gasteiger partial charge >= 0.3 is 5.97 Å². The van der Waals surface area contributed by atoms with Crippen LogP contribution >= 0.6 is 0 Å². The van der Waals surface area contributed by atoms with Crippen molar-refractivity contribution in [2.24, 2.45) is 0 Å². The number of carboxylic acids is 1. The Morgan fingerprint density at radius 1 is 1.69 bits per heavy atom. The summed E-state index contributed by atoms with van der Waals surface area (Å²) in [5, 5.41) is 17.9. The molecule has 1 aromatic rings. The van der Waals surface area contributed by atoms with Crippen LogP contribution in [0.15, 0.2) is 12.5 Å². The number of rotatable bonds is 3. The van der Waals surface area contributed by atoms with Crippen molar-refractivity contribution in [3.05, 3.63) is 18.2 Å². The van der Waals surface area contributed by atoms with Gasteiger partial charge in [0.15, 0.2) is 6.10 Å². The van der Waals surface area contributed by atoms with E-state index >= 15 is 0 Å². The van der Waals surface area contributed by atoms with Gasteiger partial charge in [0.1, 0.15) is 0 Å². The Bertz CT molecular complexity index is 330. The lowest BCUT2D eigenvalue weighted by atomic mass is 10.3. The fourth-order valence-corrected chi connectivity index (χ4v) is 1.31. The van der Waals surface area contributed by atoms with Gasteiger partial charge < -0.3 is 14.8 Å². The van der Waals surface area contributed by atoms with Crippen LogP contribution in [0.4, 0.5) is 0 Å². The highest BCUT2D eigenvalue weighted by molar-refractivity contribution is 5.73. The number of carbonyl (C=O) groups is 1. The molecule has 0 amide bonds. The van der Waals surface area contributed by atoms with Crippen LogP contribution in [-0.2, 0) is 4.79 Å². The number of nitrogens with zero attached hydrogens (tertiary/aromatic N) is 2. The highest BCUT2D eigenvalue weighted by Crippen LogP contribution is 2.36. The molecule has 5 heteroatoms. The third-order valence-corrected chi connectivity index (χ3v) is 2.15. The molecule has 0 aliphatic heterocycles. The lowest BCUT2D eigenvalue weighted by Gasteiger charge is -2.08. The average Bonchev–Trinajstić information content (AvgIpc) is 2.83. The number of hydrogen-bond acceptors (Lipinski definition) is 3. The molecule has 1 atom stereocenters. The molecule has 0 spiro atoms. The van der Waals surface area contributed by atoms with Crippen LogP contribution < -0.4 is 0 Å². The molecule has 0 bridgehead atoms. The van der Waals surface area contributed by atoms with Crippen molar-refractivity contribution >= 4 is 5.97 Å². The molecule has 70 valence electrons. The van der Waals surface area contributed by atoms with E-state index in [0.717, 1.165) is 12.8 Å². The Hall–Kier alpha value is -1.36. The molecule has 1 aliphatic carbocycles. The minimum absolute atomic E-state index is 0.339. The first kappa shape index (κ1) is 8.25. The normalized spacial score (nSPS) is 18.5. The zero-order valence-corrected chi connectivity index (χ0v) is 6.92. The molecule has 5 nitrogen and oxygen atoms in total. The van der Waals surface area contributed by atoms with Crippen LogP contribution in [0.1, 0.15) is 30.7 Å². The predicted molar refractivity (Wildman–Crippen MR) is 43.1 cm³/mol. The number of aliphatic carboxylic acids is 1. The summed E-state index contributed by atoms with van der Waals surface area (Å²) in [5.74, 6) is -1.23. The molecule has 13 heavy (non-hydrogen) atoms. The molecule has 0 aromatic carbocycles. The number of hydrogen-bond donors (Lipinski definition) is 2. The lowest BCUT2D eigenvalue weighted by Crippen LogP contribution is -2.14. The minimum atomic E-state index is -1.46. The molecule has 1 fully saturated rings. The average molecular weight is 182 g/mol. The van der Waals surface area contributed by atoms with Crippen molar-refractivity contribution < 1.29 is 15.0 Å². The second kappa shape index (κ2) is 2.85. The molecule has 0 radical (unpaired) electrons. The summed E-state index contributed by atoms with van der Waals surface area (Å²) >= 11 is 0. The summed E-state index contributed by atoms with van der Waals surface area (Å²) in [5.41, 5.74) is 0.370. The SMILES string of the molecule is O=C(O)C(O)c1cncn1C1CC1. The van der Waals surface area contributed by atoms with Gasteiger partial charge in [-0.2, -0.15) is 0 Å². The van der Waals surface area contributed by atoms with Gasteiger partial charge in [0.25, 0.3) is 0 Å². The van der Waals surface area contributed by atoms with Crippen molar-refractivity contribution in [2.75, 3.05) is 0 Å². The quantitative estimate of drug-likeness (QED) is 0.706. The summed E-state index contributed by atoms with van der Waals surface area (Å²) in [6.45, 7) is 0. The molecule has 1 saturated carbocycles. The van der Waals surface area contributed by atoms with Crippen molar-refractivity contribution in [3.63, 3.8) is 0 Å². The molecule has 2 N–H and O–H groups in total. The summed E-state index contributed by atoms with van der Waals surface area (Å²) in [4.78, 5) is 14.3. The fourth-order valence-electron chi connectivity index (χ4n) is 1.31. The van der Waals surface area contributed by atoms with E-state index in [0.29, 0.717) is 11.7 Å². The van der Waals surface area contributed by atoms with E-state index < -0.39 is 12.1 Å². The number of aliphatic hydroxyl groups is 1. The topological polar surface area (TPSA) is 75.3 Å². The Morgan fingerprint density at radius 2 is 2.38 bits per heavy atom. The largest absolute Gasteiger partial charge is 0.479 e. The van der Waals surface area contributed by atoms with Crippen LogP contribution in [0.25, 0.3) is 0 Å². The number of aliphatic hydroxyl groups excluding tert-OH is 1. The third kappa shape index (κ3) is 1.42. The van der Waals surface area contributed by atoms with Crippen molar-refractivity contribution in [2.45, 2.75) is 25.0 Å². The maximum absolute atomic E-state index is 10.5. The van der Waals surface area contributed by atoms with Crippen molar-refractivity contribution in [1.82, 2.24) is 9.55 Å². The Morgan fingerprint density at radius 3 is 2.92 bits per heavy atom. The van der Waals surface area contributed by atoms with Crippen molar-refractivity contribution in [3.8, 4) is 0 Å². The predicted octanol–water partition coefficient (Wildman–Crippen LogP) is 0.336. The van der Waals surface area contributed by atoms with Crippen LogP contribution in [0.2, 0.25) is 0 Å². The van der Waals surface area contributed by atoms with E-state index in [1.165, 1.54) is 6.20 Å². The van der Waals surface area contributed by atoms with Crippen LogP contribution in [-0.4, -0.2) is 25.7 Å². The van der Waals surface area contributed by atoms with Gasteiger partial charge in [-0.25, -0.2) is 9.78 Å². The van der Waals surface area contributed by atoms with E-state index in [9.17, 15) is 9.90 Å². The third-order valence-electron chi connectivity index (χ3n) is 2.15. The summed E-state index contributed by atoms with van der Waals surface area (Å²) in [6, 6.07) is 0.339. The van der Waals surface area contributed by atoms with E-state index in [-0.39, 0.29) is 0 Å². The number of aromatic nitrogens is 2. The Kier molecular flexibility index (Phi) is 1.81. The second-order valence-electron chi connectivity index (χ2n) is 3.20. The number of carboxylic acid groups (broad SMARTS) is 1. The number of imidazole rings is 1. The first-order valence-corrected chi connectivity index (χ1v) is 4.12. The van der Waals surface area contributed by atoms with E-state index in [1.54, 1.807) is 10.9 Å². The standard InChI is InChI=1S/C8H10N2O3/c11-7(8(12)13)6-3-9-4-10(6)5-1-2-5/h3-5,7,11H,1-2H2,(H,12,13). The van der Waals surface area contributed by atoms with Gasteiger partial charge in [-0.15, -0.1) is 0 Å². The van der Waals surface area contributed by atoms with Gasteiger partial charge in [-0.1, -0.05) is 0 Å². The van der Waals surface area contributed by atoms with Gasteiger partial charge in [-0.3, -0.25) is 0 Å². The monoisotopic (exact) mass is 182 g/mol. The molecule has 1 unspecified atom stereocenters. The summed E-state index contributed by atoms with van der Waals surface area (Å²) in [6.07, 6.45) is 3.59. The maximum Gasteiger partial charge on any atom is 0.338 e. The molecule has 2 rings (SSSR count). The van der Waals surface area contributed by atoms with Gasteiger partial charge in [0.2, 0.25) is 0 Å². The zero-order chi connectivity index (χ0) is 9.42. The first-order valence-electron chi connectivity index (χ1n) is 4.12. The molecule has 1 aromatic heterocycles. The smallest absolute Gasteiger partial charge is 0.338 e. The van der Waals surface area contributed by atoms with Crippen LogP contribution in [0, 0.1) is 0 Å². The minimum Gasteiger partial charge on any atom is -0.479 e. The zero-order valence-electron chi connectivity index (χ0n) is 6.92. The van der Waals surface area contributed by atoms with Crippen LogP contribution in [0.5, 0.6) is 0 Å². The Labute approximate surface area is 74.6 Å². The Balaban J connectivity index is 2.27. The second-order valence-corrected chi connectivity index (χ2v) is 3.20. The molecule has 1 heterocycles. The summed E-state index contributed by atoms with van der Waals surface area (Å²) in [7, 11) is 0. The van der Waals surface area contributed by atoms with Crippen molar-refractivity contribution in [1.29, 1.82) is 0 Å². The molecule has 0 saturated heterocycles.